The molecule has 0 aliphatic rings. The average Bonchev–Trinajstić information content (AvgIpc) is 1.59. The van der Waals surface area contributed by atoms with E-state index in [9.17, 15) is 17.1 Å². The second kappa shape index (κ2) is 3.35. The van der Waals surface area contributed by atoms with Crippen molar-refractivity contribution in [3.8, 4) is 0 Å². The normalized spacial score (nSPS) is 10.6. The fourth-order valence-electron chi connectivity index (χ4n) is 0.223. The molecule has 0 aliphatic heterocycles. The molecule has 0 saturated carbocycles. The van der Waals surface area contributed by atoms with Gasteiger partial charge in [-0.2, -0.15) is 8.42 Å². The third-order valence-electron chi connectivity index (χ3n) is 0.430. The molecule has 0 amide bonds. The highest BCUT2D eigenvalue weighted by molar-refractivity contribution is 7.81. The van der Waals surface area contributed by atoms with Crippen molar-refractivity contribution in [1.29, 1.82) is 0 Å². The number of carbonyl (C=O) groups is 1. The van der Waals surface area contributed by atoms with Gasteiger partial charge in [-0.15, -0.1) is 0 Å². The van der Waals surface area contributed by atoms with E-state index in [1.807, 2.05) is 0 Å². The molecule has 0 unspecified atom stereocenters. The summed E-state index contributed by atoms with van der Waals surface area (Å²) in [4.78, 5) is 10.00. The Morgan fingerprint density at radius 3 is 2.40 bits per heavy atom. The van der Waals surface area contributed by atoms with Crippen LogP contribution in [0.4, 0.5) is 8.68 Å². The van der Waals surface area contributed by atoms with Crippen molar-refractivity contribution in [2.75, 3.05) is 6.61 Å². The van der Waals surface area contributed by atoms with E-state index in [1.165, 1.54) is 6.92 Å². The number of hydrogen-bond acceptors (Lipinski definition) is 5. The summed E-state index contributed by atoms with van der Waals surface area (Å²) in [5.41, 5.74) is 0. The molecule has 0 spiro atoms. The van der Waals surface area contributed by atoms with Gasteiger partial charge < -0.3 is 4.74 Å². The maximum atomic E-state index is 11.4. The molecule has 0 aromatic heterocycles. The van der Waals surface area contributed by atoms with Crippen LogP contribution in [0.25, 0.3) is 0 Å². The first-order valence-electron chi connectivity index (χ1n) is 2.26. The summed E-state index contributed by atoms with van der Waals surface area (Å²) in [7, 11) is -5.22. The number of rotatable bonds is 2. The van der Waals surface area contributed by atoms with Crippen LogP contribution in [-0.4, -0.2) is 21.2 Å². The van der Waals surface area contributed by atoms with E-state index >= 15 is 0 Å². The van der Waals surface area contributed by atoms with E-state index in [0.29, 0.717) is 0 Å². The summed E-state index contributed by atoms with van der Waals surface area (Å²) in [6.07, 6.45) is -1.56. The molecule has 0 N–H and O–H groups in total. The number of carbonyl (C=O) groups excluding carboxylic acids is 1. The van der Waals surface area contributed by atoms with Crippen LogP contribution in [0.3, 0.4) is 0 Å². The van der Waals surface area contributed by atoms with Crippen LogP contribution in [-0.2, 0) is 19.4 Å². The van der Waals surface area contributed by atoms with E-state index in [4.69, 9.17) is 0 Å². The molecule has 0 atom stereocenters. The van der Waals surface area contributed by atoms with Crippen molar-refractivity contribution >= 4 is 16.7 Å². The van der Waals surface area contributed by atoms with Crippen LogP contribution in [0, 0.1) is 0 Å². The second-order valence-corrected chi connectivity index (χ2v) is 2.11. The molecular weight excluding hydrogens is 167 g/mol. The van der Waals surface area contributed by atoms with Gasteiger partial charge in [-0.3, -0.25) is 4.18 Å². The Bertz CT molecular complexity index is 207. The molecule has 0 bridgehead atoms. The van der Waals surface area contributed by atoms with Crippen molar-refractivity contribution in [1.82, 2.24) is 0 Å². The van der Waals surface area contributed by atoms with E-state index in [2.05, 4.69) is 8.92 Å². The lowest BCUT2D eigenvalue weighted by Gasteiger charge is -1.96. The molecule has 0 heterocycles. The summed E-state index contributed by atoms with van der Waals surface area (Å²) >= 11 is 0. The van der Waals surface area contributed by atoms with E-state index in [0.717, 1.165) is 0 Å². The minimum absolute atomic E-state index is 0.0750. The Morgan fingerprint density at radius 2 is 2.10 bits per heavy atom. The predicted molar refractivity (Wildman–Crippen MR) is 28.1 cm³/mol. The molecule has 0 aromatic carbocycles. The first-order chi connectivity index (χ1) is 4.45. The van der Waals surface area contributed by atoms with Gasteiger partial charge in [0.1, 0.15) is 0 Å². The minimum Gasteiger partial charge on any atom is -0.434 e. The van der Waals surface area contributed by atoms with Crippen molar-refractivity contribution in [2.24, 2.45) is 0 Å². The van der Waals surface area contributed by atoms with Crippen LogP contribution in [0.5, 0.6) is 0 Å². The van der Waals surface area contributed by atoms with Crippen LogP contribution < -0.4 is 0 Å². The van der Waals surface area contributed by atoms with E-state index in [-0.39, 0.29) is 6.61 Å². The third-order valence-corrected chi connectivity index (χ3v) is 0.765. The molecular formula is C3H5FO5S. The second-order valence-electron chi connectivity index (χ2n) is 1.16. The Balaban J connectivity index is 3.82. The van der Waals surface area contributed by atoms with Crippen molar-refractivity contribution in [3.63, 3.8) is 0 Å². The standard InChI is InChI=1S/C3H5FO5S/c1-2-8-3(5)9-10(4,6)7/h2H2,1H3. The monoisotopic (exact) mass is 172 g/mol. The van der Waals surface area contributed by atoms with Gasteiger partial charge in [0, 0.05) is 0 Å². The van der Waals surface area contributed by atoms with Crippen molar-refractivity contribution in [2.45, 2.75) is 6.92 Å². The quantitative estimate of drug-likeness (QED) is 0.444. The van der Waals surface area contributed by atoms with Crippen molar-refractivity contribution < 1.29 is 26.0 Å². The van der Waals surface area contributed by atoms with Gasteiger partial charge in [-0.05, 0) is 6.92 Å². The highest BCUT2D eigenvalue weighted by Crippen LogP contribution is 1.95. The lowest BCUT2D eigenvalue weighted by molar-refractivity contribution is 0.104. The fourth-order valence-corrected chi connectivity index (χ4v) is 0.434. The summed E-state index contributed by atoms with van der Waals surface area (Å²) in [6, 6.07) is 0. The smallest absolute Gasteiger partial charge is 0.434 e. The van der Waals surface area contributed by atoms with Crippen LogP contribution in [0.2, 0.25) is 0 Å². The topological polar surface area (TPSA) is 69.7 Å². The lowest BCUT2D eigenvalue weighted by atomic mass is 10.9. The van der Waals surface area contributed by atoms with Crippen LogP contribution >= 0.6 is 0 Å². The number of hydrogen-bond donors (Lipinski definition) is 0. The SMILES string of the molecule is CCOC(=O)OS(=O)(=O)F. The molecule has 0 saturated heterocycles. The highest BCUT2D eigenvalue weighted by atomic mass is 32.3. The minimum atomic E-state index is -5.22. The van der Waals surface area contributed by atoms with Gasteiger partial charge in [0.05, 0.1) is 6.61 Å². The third kappa shape index (κ3) is 5.29. The lowest BCUT2D eigenvalue weighted by Crippen LogP contribution is -2.09. The Hall–Kier alpha value is -0.850. The van der Waals surface area contributed by atoms with Crippen molar-refractivity contribution in [3.05, 3.63) is 0 Å². The first-order valence-corrected chi connectivity index (χ1v) is 3.57. The Morgan fingerprint density at radius 1 is 1.60 bits per heavy atom. The summed E-state index contributed by atoms with van der Waals surface area (Å²) in [5, 5.41) is 0. The largest absolute Gasteiger partial charge is 0.526 e. The van der Waals surface area contributed by atoms with Gasteiger partial charge in [0.25, 0.3) is 0 Å². The molecule has 10 heavy (non-hydrogen) atoms. The zero-order valence-electron chi connectivity index (χ0n) is 5.03. The zero-order valence-corrected chi connectivity index (χ0v) is 5.85. The molecule has 0 rings (SSSR count). The number of halogens is 1. The Kier molecular flexibility index (Phi) is 3.07. The fraction of sp³-hybridized carbons (Fsp3) is 0.667. The van der Waals surface area contributed by atoms with E-state index < -0.39 is 16.7 Å². The molecule has 0 aliphatic carbocycles. The molecule has 0 fully saturated rings. The number of ether oxygens (including phenoxy) is 1. The molecule has 0 radical (unpaired) electrons. The predicted octanol–water partition coefficient (Wildman–Crippen LogP) is 0.374. The van der Waals surface area contributed by atoms with Gasteiger partial charge in [-0.1, -0.05) is 3.89 Å². The van der Waals surface area contributed by atoms with Gasteiger partial charge in [-0.25, -0.2) is 4.79 Å². The molecule has 7 heteroatoms. The van der Waals surface area contributed by atoms with Crippen LogP contribution in [0.15, 0.2) is 0 Å². The van der Waals surface area contributed by atoms with E-state index in [1.54, 1.807) is 0 Å². The summed E-state index contributed by atoms with van der Waals surface area (Å²) in [6.45, 7) is 1.35. The molecule has 0 aromatic rings. The van der Waals surface area contributed by atoms with Crippen LogP contribution in [0.1, 0.15) is 6.92 Å². The molecule has 60 valence electrons. The summed E-state index contributed by atoms with van der Waals surface area (Å²) < 4.78 is 37.5. The first kappa shape index (κ1) is 9.15. The summed E-state index contributed by atoms with van der Waals surface area (Å²) in [5.74, 6) is 0. The molecule has 5 nitrogen and oxygen atoms in total. The average molecular weight is 172 g/mol. The Labute approximate surface area is 57.2 Å². The highest BCUT2D eigenvalue weighted by Gasteiger charge is 2.15. The van der Waals surface area contributed by atoms with Gasteiger partial charge >= 0.3 is 16.7 Å². The van der Waals surface area contributed by atoms with Gasteiger partial charge in [0.15, 0.2) is 0 Å². The maximum Gasteiger partial charge on any atom is 0.526 e. The zero-order chi connectivity index (χ0) is 8.20. The maximum absolute atomic E-state index is 11.4. The van der Waals surface area contributed by atoms with Gasteiger partial charge in [0.2, 0.25) is 0 Å².